The summed E-state index contributed by atoms with van der Waals surface area (Å²) in [7, 11) is 0. The fourth-order valence-electron chi connectivity index (χ4n) is 1.66. The molecule has 1 atom stereocenters. The van der Waals surface area contributed by atoms with Gasteiger partial charge in [-0.25, -0.2) is 0 Å². The molecule has 6 nitrogen and oxygen atoms in total. The van der Waals surface area contributed by atoms with Gasteiger partial charge in [-0.15, -0.1) is 0 Å². The Kier molecular flexibility index (Phi) is 4.52. The number of nitro groups is 1. The lowest BCUT2D eigenvalue weighted by molar-refractivity contribution is -0.385. The fraction of sp³-hybridized carbons (Fsp3) is 0.214. The van der Waals surface area contributed by atoms with Crippen LogP contribution >= 0.6 is 11.3 Å². The maximum atomic E-state index is 11.0. The van der Waals surface area contributed by atoms with Gasteiger partial charge in [0.1, 0.15) is 5.75 Å². The molecule has 2 aromatic rings. The van der Waals surface area contributed by atoms with Crippen LogP contribution in [0.4, 0.5) is 5.69 Å². The molecule has 1 aromatic heterocycles. The van der Waals surface area contributed by atoms with Crippen LogP contribution in [0.2, 0.25) is 0 Å². The second-order valence-corrected chi connectivity index (χ2v) is 5.38. The molecule has 0 saturated heterocycles. The standard InChI is InChI=1S/C14H12N2O4S/c1-9(17)13-8-12(16(18)19)14(21-13)20-11-4-2-10(3-5-11)6-7-15/h2-5,8-9,17H,6H2,1H3/t9-/m0/s1. The number of rotatable bonds is 5. The molecule has 1 aromatic carbocycles. The van der Waals surface area contributed by atoms with Gasteiger partial charge in [0.2, 0.25) is 0 Å². The van der Waals surface area contributed by atoms with Gasteiger partial charge in [0.05, 0.1) is 23.5 Å². The number of benzene rings is 1. The van der Waals surface area contributed by atoms with Crippen molar-refractivity contribution in [3.63, 3.8) is 0 Å². The van der Waals surface area contributed by atoms with E-state index in [0.717, 1.165) is 16.9 Å². The van der Waals surface area contributed by atoms with Gasteiger partial charge < -0.3 is 9.84 Å². The molecule has 0 bridgehead atoms. The van der Waals surface area contributed by atoms with E-state index < -0.39 is 11.0 Å². The molecule has 0 aliphatic carbocycles. The normalized spacial score (nSPS) is 11.7. The number of nitriles is 1. The minimum atomic E-state index is -0.788. The predicted molar refractivity (Wildman–Crippen MR) is 77.4 cm³/mol. The maximum absolute atomic E-state index is 11.0. The molecule has 1 N–H and O–H groups in total. The summed E-state index contributed by atoms with van der Waals surface area (Å²) in [4.78, 5) is 10.9. The summed E-state index contributed by atoms with van der Waals surface area (Å²) < 4.78 is 5.52. The zero-order valence-electron chi connectivity index (χ0n) is 11.1. The average Bonchev–Trinajstić information content (AvgIpc) is 2.86. The molecule has 0 spiro atoms. The van der Waals surface area contributed by atoms with Gasteiger partial charge in [-0.2, -0.15) is 5.26 Å². The summed E-state index contributed by atoms with van der Waals surface area (Å²) in [6, 6.07) is 10.1. The van der Waals surface area contributed by atoms with Gasteiger partial charge in [-0.1, -0.05) is 23.5 Å². The first kappa shape index (κ1) is 15.0. The van der Waals surface area contributed by atoms with E-state index >= 15 is 0 Å². The van der Waals surface area contributed by atoms with E-state index in [-0.39, 0.29) is 10.8 Å². The SMILES string of the molecule is C[C@H](O)c1cc([N+](=O)[O-])c(Oc2ccc(CC#N)cc2)s1. The fourth-order valence-corrected chi connectivity index (χ4v) is 2.59. The Hall–Kier alpha value is -2.43. The number of aliphatic hydroxyl groups is 1. The van der Waals surface area contributed by atoms with Crippen molar-refractivity contribution < 1.29 is 14.8 Å². The molecule has 0 amide bonds. The van der Waals surface area contributed by atoms with Crippen LogP contribution in [0.25, 0.3) is 0 Å². The zero-order valence-corrected chi connectivity index (χ0v) is 12.0. The molecule has 21 heavy (non-hydrogen) atoms. The van der Waals surface area contributed by atoms with Crippen LogP contribution in [0.5, 0.6) is 10.8 Å². The number of hydrogen-bond acceptors (Lipinski definition) is 6. The van der Waals surface area contributed by atoms with Crippen LogP contribution < -0.4 is 4.74 Å². The molecule has 0 radical (unpaired) electrons. The van der Waals surface area contributed by atoms with Crippen molar-refractivity contribution in [1.29, 1.82) is 5.26 Å². The van der Waals surface area contributed by atoms with Crippen molar-refractivity contribution in [3.05, 3.63) is 50.9 Å². The Labute approximate surface area is 125 Å². The van der Waals surface area contributed by atoms with Gasteiger partial charge in [0.25, 0.3) is 5.06 Å². The largest absolute Gasteiger partial charge is 0.440 e. The minimum absolute atomic E-state index is 0.129. The first-order valence-corrected chi connectivity index (χ1v) is 6.93. The number of aliphatic hydroxyl groups excluding tert-OH is 1. The maximum Gasteiger partial charge on any atom is 0.323 e. The Morgan fingerprint density at radius 3 is 2.67 bits per heavy atom. The van der Waals surface area contributed by atoms with Crippen LogP contribution in [0.15, 0.2) is 30.3 Å². The van der Waals surface area contributed by atoms with Crippen molar-refractivity contribution >= 4 is 17.0 Å². The highest BCUT2D eigenvalue weighted by atomic mass is 32.1. The highest BCUT2D eigenvalue weighted by Crippen LogP contribution is 2.41. The van der Waals surface area contributed by atoms with E-state index in [9.17, 15) is 15.2 Å². The van der Waals surface area contributed by atoms with Crippen LogP contribution in [0, 0.1) is 21.4 Å². The lowest BCUT2D eigenvalue weighted by Crippen LogP contribution is -1.90. The van der Waals surface area contributed by atoms with Gasteiger partial charge in [-0.3, -0.25) is 10.1 Å². The van der Waals surface area contributed by atoms with Crippen molar-refractivity contribution in [2.75, 3.05) is 0 Å². The first-order valence-electron chi connectivity index (χ1n) is 6.11. The second-order valence-electron chi connectivity index (χ2n) is 4.34. The van der Waals surface area contributed by atoms with Crippen LogP contribution in [-0.4, -0.2) is 10.0 Å². The third-order valence-corrected chi connectivity index (χ3v) is 3.90. The smallest absolute Gasteiger partial charge is 0.323 e. The molecule has 108 valence electrons. The zero-order chi connectivity index (χ0) is 15.4. The Morgan fingerprint density at radius 1 is 1.48 bits per heavy atom. The highest BCUT2D eigenvalue weighted by molar-refractivity contribution is 7.14. The molecule has 1 heterocycles. The van der Waals surface area contributed by atoms with Crippen molar-refractivity contribution in [2.45, 2.75) is 19.4 Å². The second kappa shape index (κ2) is 6.35. The summed E-state index contributed by atoms with van der Waals surface area (Å²) in [5.41, 5.74) is 0.673. The summed E-state index contributed by atoms with van der Waals surface area (Å²) >= 11 is 1.04. The third-order valence-electron chi connectivity index (χ3n) is 2.72. The molecule has 0 aliphatic rings. The lowest BCUT2D eigenvalue weighted by Gasteiger charge is -2.03. The topological polar surface area (TPSA) is 96.4 Å². The van der Waals surface area contributed by atoms with Crippen LogP contribution in [0.3, 0.4) is 0 Å². The number of hydrogen-bond donors (Lipinski definition) is 1. The lowest BCUT2D eigenvalue weighted by atomic mass is 10.2. The monoisotopic (exact) mass is 304 g/mol. The van der Waals surface area contributed by atoms with E-state index in [1.54, 1.807) is 24.3 Å². The molecule has 2 rings (SSSR count). The third kappa shape index (κ3) is 3.56. The molecule has 0 saturated carbocycles. The Morgan fingerprint density at radius 2 is 2.14 bits per heavy atom. The van der Waals surface area contributed by atoms with Crippen molar-refractivity contribution in [1.82, 2.24) is 0 Å². The van der Waals surface area contributed by atoms with Gasteiger partial charge in [-0.05, 0) is 24.6 Å². The predicted octanol–water partition coefficient (Wildman–Crippen LogP) is 3.57. The van der Waals surface area contributed by atoms with Crippen molar-refractivity contribution in [2.24, 2.45) is 0 Å². The van der Waals surface area contributed by atoms with Gasteiger partial charge in [0, 0.05) is 10.9 Å². The van der Waals surface area contributed by atoms with Crippen molar-refractivity contribution in [3.8, 4) is 16.9 Å². The van der Waals surface area contributed by atoms with Gasteiger partial charge in [0.15, 0.2) is 0 Å². The minimum Gasteiger partial charge on any atom is -0.440 e. The number of nitrogens with zero attached hydrogens (tertiary/aromatic N) is 2. The summed E-state index contributed by atoms with van der Waals surface area (Å²) in [6.45, 7) is 1.54. The average molecular weight is 304 g/mol. The van der Waals surface area contributed by atoms with E-state index in [1.807, 2.05) is 6.07 Å². The van der Waals surface area contributed by atoms with E-state index in [0.29, 0.717) is 17.0 Å². The van der Waals surface area contributed by atoms with Gasteiger partial charge >= 0.3 is 5.69 Å². The quantitative estimate of drug-likeness (QED) is 0.672. The highest BCUT2D eigenvalue weighted by Gasteiger charge is 2.23. The van der Waals surface area contributed by atoms with E-state index in [1.165, 1.54) is 13.0 Å². The summed E-state index contributed by atoms with van der Waals surface area (Å²) in [6.07, 6.45) is -0.491. The summed E-state index contributed by atoms with van der Waals surface area (Å²) in [5.74, 6) is 0.443. The number of ether oxygens (including phenoxy) is 1. The summed E-state index contributed by atoms with van der Waals surface area (Å²) in [5, 5.41) is 29.2. The molecule has 7 heteroatoms. The molecule has 0 aliphatic heterocycles. The molecule has 0 fully saturated rings. The first-order chi connectivity index (χ1) is 10.0. The van der Waals surface area contributed by atoms with E-state index in [4.69, 9.17) is 10.00 Å². The molecule has 0 unspecified atom stereocenters. The Balaban J connectivity index is 2.26. The Bertz CT molecular complexity index is 686. The molecular weight excluding hydrogens is 292 g/mol. The van der Waals surface area contributed by atoms with Crippen LogP contribution in [0.1, 0.15) is 23.5 Å². The van der Waals surface area contributed by atoms with Crippen LogP contribution in [-0.2, 0) is 6.42 Å². The molecular formula is C14H12N2O4S. The van der Waals surface area contributed by atoms with E-state index in [2.05, 4.69) is 0 Å². The number of thiophene rings is 1.